The topological polar surface area (TPSA) is 40.7 Å². The van der Waals surface area contributed by atoms with Crippen LogP contribution in [-0.4, -0.2) is 16.5 Å². The number of nitrogens with zero attached hydrogens (tertiary/aromatic N) is 1. The Morgan fingerprint density at radius 3 is 2.93 bits per heavy atom. The number of rotatable bonds is 4. The van der Waals surface area contributed by atoms with Crippen molar-refractivity contribution in [1.82, 2.24) is 15.3 Å². The molecule has 0 fully saturated rings. The summed E-state index contributed by atoms with van der Waals surface area (Å²) in [5.74, 6) is 1.06. The molecule has 2 N–H and O–H groups in total. The molecular weight excluding hydrogens is 186 g/mol. The molecule has 0 bridgehead atoms. The molecule has 0 amide bonds. The number of H-pyrrole nitrogens is 1. The van der Waals surface area contributed by atoms with Crippen LogP contribution in [0.5, 0.6) is 0 Å². The van der Waals surface area contributed by atoms with Gasteiger partial charge in [0.1, 0.15) is 5.82 Å². The third-order valence-electron chi connectivity index (χ3n) is 2.51. The highest BCUT2D eigenvalue weighted by Gasteiger charge is 2.01. The second-order valence-corrected chi connectivity index (χ2v) is 3.67. The average molecular weight is 203 g/mol. The molecule has 0 radical (unpaired) electrons. The van der Waals surface area contributed by atoms with Crippen molar-refractivity contribution in [1.29, 1.82) is 0 Å². The maximum absolute atomic E-state index is 4.48. The van der Waals surface area contributed by atoms with E-state index >= 15 is 0 Å². The summed E-state index contributed by atoms with van der Waals surface area (Å²) in [4.78, 5) is 7.80. The van der Waals surface area contributed by atoms with Crippen molar-refractivity contribution in [3.05, 3.63) is 29.6 Å². The molecule has 0 spiro atoms. The minimum Gasteiger partial charge on any atom is -0.342 e. The molecule has 2 aromatic rings. The Morgan fingerprint density at radius 2 is 2.20 bits per heavy atom. The van der Waals surface area contributed by atoms with E-state index in [9.17, 15) is 0 Å². The Balaban J connectivity index is 2.29. The van der Waals surface area contributed by atoms with Crippen LogP contribution in [0.4, 0.5) is 0 Å². The third kappa shape index (κ3) is 2.18. The zero-order chi connectivity index (χ0) is 10.7. The standard InChI is InChI=1S/C12H17N3/c1-3-12-14-10-6-5-9(8-13-4-2)7-11(10)15-12/h5-7,13H,3-4,8H2,1-2H3,(H,14,15). The van der Waals surface area contributed by atoms with Crippen LogP contribution in [0.15, 0.2) is 18.2 Å². The van der Waals surface area contributed by atoms with E-state index in [4.69, 9.17) is 0 Å². The van der Waals surface area contributed by atoms with Crippen LogP contribution in [0.25, 0.3) is 11.0 Å². The van der Waals surface area contributed by atoms with E-state index in [-0.39, 0.29) is 0 Å². The molecule has 0 aliphatic carbocycles. The average Bonchev–Trinajstić information content (AvgIpc) is 2.68. The Hall–Kier alpha value is -1.35. The molecule has 1 aromatic carbocycles. The van der Waals surface area contributed by atoms with Crippen LogP contribution in [0, 0.1) is 0 Å². The van der Waals surface area contributed by atoms with Crippen molar-refractivity contribution >= 4 is 11.0 Å². The normalized spacial score (nSPS) is 11.1. The zero-order valence-corrected chi connectivity index (χ0v) is 9.30. The number of aryl methyl sites for hydroxylation is 1. The minimum absolute atomic E-state index is 0.924. The summed E-state index contributed by atoms with van der Waals surface area (Å²) in [6.07, 6.45) is 0.956. The summed E-state index contributed by atoms with van der Waals surface area (Å²) in [6.45, 7) is 6.15. The van der Waals surface area contributed by atoms with Crippen molar-refractivity contribution in [2.75, 3.05) is 6.54 Å². The summed E-state index contributed by atoms with van der Waals surface area (Å²) in [5.41, 5.74) is 3.50. The zero-order valence-electron chi connectivity index (χ0n) is 9.30. The third-order valence-corrected chi connectivity index (χ3v) is 2.51. The Kier molecular flexibility index (Phi) is 3.02. The van der Waals surface area contributed by atoms with Gasteiger partial charge in [-0.15, -0.1) is 0 Å². The van der Waals surface area contributed by atoms with Gasteiger partial charge in [0.2, 0.25) is 0 Å². The van der Waals surface area contributed by atoms with E-state index in [0.717, 1.165) is 36.4 Å². The molecule has 2 rings (SSSR count). The molecular formula is C12H17N3. The number of hydrogen-bond acceptors (Lipinski definition) is 2. The van der Waals surface area contributed by atoms with Gasteiger partial charge in [0, 0.05) is 13.0 Å². The Morgan fingerprint density at radius 1 is 1.33 bits per heavy atom. The van der Waals surface area contributed by atoms with Gasteiger partial charge in [-0.3, -0.25) is 0 Å². The van der Waals surface area contributed by atoms with E-state index < -0.39 is 0 Å². The molecule has 3 heteroatoms. The monoisotopic (exact) mass is 203 g/mol. The fourth-order valence-corrected chi connectivity index (χ4v) is 1.66. The fourth-order valence-electron chi connectivity index (χ4n) is 1.66. The lowest BCUT2D eigenvalue weighted by atomic mass is 10.2. The second kappa shape index (κ2) is 4.45. The van der Waals surface area contributed by atoms with Crippen LogP contribution in [0.1, 0.15) is 25.2 Å². The molecule has 0 saturated carbocycles. The van der Waals surface area contributed by atoms with Crippen molar-refractivity contribution in [3.63, 3.8) is 0 Å². The number of aromatic nitrogens is 2. The molecule has 0 aliphatic heterocycles. The summed E-state index contributed by atoms with van der Waals surface area (Å²) in [6, 6.07) is 6.38. The van der Waals surface area contributed by atoms with Gasteiger partial charge in [0.25, 0.3) is 0 Å². The van der Waals surface area contributed by atoms with E-state index in [1.807, 2.05) is 0 Å². The van der Waals surface area contributed by atoms with Crippen molar-refractivity contribution in [3.8, 4) is 0 Å². The predicted octanol–water partition coefficient (Wildman–Crippen LogP) is 2.23. The Bertz CT molecular complexity index is 445. The van der Waals surface area contributed by atoms with Gasteiger partial charge >= 0.3 is 0 Å². The number of hydrogen-bond donors (Lipinski definition) is 2. The molecule has 0 saturated heterocycles. The highest BCUT2D eigenvalue weighted by Crippen LogP contribution is 2.13. The van der Waals surface area contributed by atoms with Crippen molar-refractivity contribution < 1.29 is 0 Å². The van der Waals surface area contributed by atoms with Crippen molar-refractivity contribution in [2.24, 2.45) is 0 Å². The highest BCUT2D eigenvalue weighted by molar-refractivity contribution is 5.75. The summed E-state index contributed by atoms with van der Waals surface area (Å²) < 4.78 is 0. The van der Waals surface area contributed by atoms with E-state index in [1.54, 1.807) is 0 Å². The second-order valence-electron chi connectivity index (χ2n) is 3.67. The van der Waals surface area contributed by atoms with Gasteiger partial charge < -0.3 is 10.3 Å². The van der Waals surface area contributed by atoms with Gasteiger partial charge in [-0.1, -0.05) is 19.9 Å². The SMILES string of the molecule is CCNCc1ccc2nc(CC)[nH]c2c1. The van der Waals surface area contributed by atoms with Gasteiger partial charge in [-0.05, 0) is 24.2 Å². The van der Waals surface area contributed by atoms with Crippen LogP contribution in [0.2, 0.25) is 0 Å². The molecule has 15 heavy (non-hydrogen) atoms. The van der Waals surface area contributed by atoms with Crippen molar-refractivity contribution in [2.45, 2.75) is 26.8 Å². The van der Waals surface area contributed by atoms with Crippen LogP contribution < -0.4 is 5.32 Å². The fraction of sp³-hybridized carbons (Fsp3) is 0.417. The molecule has 0 unspecified atom stereocenters. The Labute approximate surface area is 89.9 Å². The number of fused-ring (bicyclic) bond motifs is 1. The van der Waals surface area contributed by atoms with Gasteiger partial charge in [0.05, 0.1) is 11.0 Å². The maximum atomic E-state index is 4.48. The molecule has 1 aromatic heterocycles. The molecule has 80 valence electrons. The number of benzene rings is 1. The number of aromatic amines is 1. The van der Waals surface area contributed by atoms with Gasteiger partial charge in [-0.25, -0.2) is 4.98 Å². The van der Waals surface area contributed by atoms with E-state index in [1.165, 1.54) is 5.56 Å². The summed E-state index contributed by atoms with van der Waals surface area (Å²) in [5, 5.41) is 3.32. The first kappa shape index (κ1) is 10.2. The number of nitrogens with one attached hydrogen (secondary N) is 2. The maximum Gasteiger partial charge on any atom is 0.106 e. The first-order valence-corrected chi connectivity index (χ1v) is 5.51. The lowest BCUT2D eigenvalue weighted by Crippen LogP contribution is -2.11. The quantitative estimate of drug-likeness (QED) is 0.800. The summed E-state index contributed by atoms with van der Waals surface area (Å²) >= 11 is 0. The van der Waals surface area contributed by atoms with Crippen LogP contribution in [-0.2, 0) is 13.0 Å². The first-order valence-electron chi connectivity index (χ1n) is 5.51. The van der Waals surface area contributed by atoms with Gasteiger partial charge in [-0.2, -0.15) is 0 Å². The molecule has 0 atom stereocenters. The molecule has 0 aliphatic rings. The van der Waals surface area contributed by atoms with E-state index in [0.29, 0.717) is 0 Å². The molecule has 1 heterocycles. The van der Waals surface area contributed by atoms with Crippen LogP contribution >= 0.6 is 0 Å². The lowest BCUT2D eigenvalue weighted by molar-refractivity contribution is 0.727. The lowest BCUT2D eigenvalue weighted by Gasteiger charge is -2.00. The van der Waals surface area contributed by atoms with Crippen LogP contribution in [0.3, 0.4) is 0 Å². The smallest absolute Gasteiger partial charge is 0.106 e. The van der Waals surface area contributed by atoms with Gasteiger partial charge in [0.15, 0.2) is 0 Å². The van der Waals surface area contributed by atoms with E-state index in [2.05, 4.69) is 47.3 Å². The first-order chi connectivity index (χ1) is 7.33. The minimum atomic E-state index is 0.924. The summed E-state index contributed by atoms with van der Waals surface area (Å²) in [7, 11) is 0. The predicted molar refractivity (Wildman–Crippen MR) is 62.9 cm³/mol. The number of imidazole rings is 1. The largest absolute Gasteiger partial charge is 0.342 e. The molecule has 3 nitrogen and oxygen atoms in total. The highest BCUT2D eigenvalue weighted by atomic mass is 14.9.